The lowest BCUT2D eigenvalue weighted by atomic mass is 10.2. The van der Waals surface area contributed by atoms with Crippen LogP contribution in [0.4, 0.5) is 0 Å². The number of carboxylic acids is 1. The van der Waals surface area contributed by atoms with Gasteiger partial charge >= 0.3 is 5.97 Å². The molecule has 6 heteroatoms. The summed E-state index contributed by atoms with van der Waals surface area (Å²) in [4.78, 5) is 14.0. The number of aromatic nitrogens is 2. The first-order chi connectivity index (χ1) is 6.20. The predicted molar refractivity (Wildman–Crippen MR) is 40.4 cm³/mol. The van der Waals surface area contributed by atoms with Crippen LogP contribution in [-0.4, -0.2) is 26.3 Å². The van der Waals surface area contributed by atoms with Crippen LogP contribution in [0.25, 0.3) is 11.0 Å². The summed E-state index contributed by atoms with van der Waals surface area (Å²) in [7, 11) is 0. The topological polar surface area (TPSA) is 96.5 Å². The number of rotatable bonds is 1. The number of aromatic carboxylic acids is 1. The summed E-state index contributed by atoms with van der Waals surface area (Å²) in [6, 6.07) is 0. The smallest absolute Gasteiger partial charge is 0.358 e. The second-order valence-electron chi connectivity index (χ2n) is 2.36. The number of hydrogen-bond acceptors (Lipinski definition) is 5. The first kappa shape index (κ1) is 7.53. The molecule has 0 aliphatic heterocycles. The highest BCUT2D eigenvalue weighted by Gasteiger charge is 2.15. The van der Waals surface area contributed by atoms with Gasteiger partial charge in [0.15, 0.2) is 17.0 Å². The molecule has 0 amide bonds. The van der Waals surface area contributed by atoms with E-state index < -0.39 is 17.4 Å². The van der Waals surface area contributed by atoms with Gasteiger partial charge in [-0.3, -0.25) is 0 Å². The van der Waals surface area contributed by atoms with Crippen molar-refractivity contribution in [2.24, 2.45) is 0 Å². The second kappa shape index (κ2) is 2.44. The van der Waals surface area contributed by atoms with E-state index in [2.05, 4.69) is 14.7 Å². The van der Waals surface area contributed by atoms with Crippen molar-refractivity contribution in [2.75, 3.05) is 0 Å². The monoisotopic (exact) mass is 180 g/mol. The van der Waals surface area contributed by atoms with Crippen LogP contribution in [0.3, 0.4) is 0 Å². The molecular formula is C7H4N2O4. The van der Waals surface area contributed by atoms with Crippen LogP contribution in [0.15, 0.2) is 16.9 Å². The largest absolute Gasteiger partial charge is 0.505 e. The standard InChI is InChI=1S/C7H4N2O4/c10-6-3-1-9-13-4(3)2-8-5(6)7(11)12/h1-2,10H,(H,11,12). The Bertz CT molecular complexity index is 476. The predicted octanol–water partition coefficient (Wildman–Crippen LogP) is 0.627. The van der Waals surface area contributed by atoms with E-state index in [1.165, 1.54) is 12.4 Å². The fourth-order valence-electron chi connectivity index (χ4n) is 0.988. The fourth-order valence-corrected chi connectivity index (χ4v) is 0.988. The van der Waals surface area contributed by atoms with Gasteiger partial charge in [0.05, 0.1) is 17.8 Å². The Balaban J connectivity index is 2.80. The Morgan fingerprint density at radius 2 is 2.23 bits per heavy atom. The molecule has 0 saturated heterocycles. The Labute approximate surface area is 71.4 Å². The van der Waals surface area contributed by atoms with Gasteiger partial charge in [-0.1, -0.05) is 5.16 Å². The summed E-state index contributed by atoms with van der Waals surface area (Å²) in [6.07, 6.45) is 2.43. The third-order valence-electron chi connectivity index (χ3n) is 1.59. The highest BCUT2D eigenvalue weighted by molar-refractivity contribution is 5.96. The lowest BCUT2D eigenvalue weighted by molar-refractivity contribution is 0.0687. The van der Waals surface area contributed by atoms with Crippen molar-refractivity contribution in [2.45, 2.75) is 0 Å². The number of aromatic hydroxyl groups is 1. The quantitative estimate of drug-likeness (QED) is 0.667. The molecule has 0 saturated carbocycles. The number of carboxylic acid groups (broad SMARTS) is 1. The van der Waals surface area contributed by atoms with Crippen LogP contribution in [0, 0.1) is 0 Å². The molecule has 0 aliphatic carbocycles. The molecule has 2 aromatic heterocycles. The van der Waals surface area contributed by atoms with E-state index in [0.29, 0.717) is 0 Å². The number of fused-ring (bicyclic) bond motifs is 1. The number of carbonyl (C=O) groups is 1. The van der Waals surface area contributed by atoms with Gasteiger partial charge in [0, 0.05) is 0 Å². The first-order valence-corrected chi connectivity index (χ1v) is 3.36. The molecule has 0 fully saturated rings. The van der Waals surface area contributed by atoms with Crippen molar-refractivity contribution < 1.29 is 19.5 Å². The van der Waals surface area contributed by atoms with E-state index >= 15 is 0 Å². The molecule has 66 valence electrons. The summed E-state index contributed by atoms with van der Waals surface area (Å²) < 4.78 is 4.67. The van der Waals surface area contributed by atoms with Crippen LogP contribution in [-0.2, 0) is 0 Å². The molecule has 2 heterocycles. The maximum Gasteiger partial charge on any atom is 0.358 e. The van der Waals surface area contributed by atoms with E-state index in [-0.39, 0.29) is 11.0 Å². The molecule has 0 spiro atoms. The molecule has 0 unspecified atom stereocenters. The van der Waals surface area contributed by atoms with Gasteiger partial charge in [0.2, 0.25) is 0 Å². The molecular weight excluding hydrogens is 176 g/mol. The first-order valence-electron chi connectivity index (χ1n) is 3.36. The van der Waals surface area contributed by atoms with Gasteiger partial charge in [-0.25, -0.2) is 9.78 Å². The van der Waals surface area contributed by atoms with Crippen molar-refractivity contribution in [3.05, 3.63) is 18.1 Å². The van der Waals surface area contributed by atoms with E-state index in [1.54, 1.807) is 0 Å². The molecule has 2 N–H and O–H groups in total. The van der Waals surface area contributed by atoms with Crippen molar-refractivity contribution in [1.29, 1.82) is 0 Å². The van der Waals surface area contributed by atoms with Crippen LogP contribution < -0.4 is 0 Å². The molecule has 0 aliphatic rings. The van der Waals surface area contributed by atoms with E-state index in [1.807, 2.05) is 0 Å². The van der Waals surface area contributed by atoms with Crippen molar-refractivity contribution in [3.63, 3.8) is 0 Å². The summed E-state index contributed by atoms with van der Waals surface area (Å²) in [6.45, 7) is 0. The van der Waals surface area contributed by atoms with Gasteiger partial charge in [-0.2, -0.15) is 0 Å². The summed E-state index contributed by atoms with van der Waals surface area (Å²) in [5, 5.41) is 21.6. The lowest BCUT2D eigenvalue weighted by Gasteiger charge is -1.96. The average Bonchev–Trinajstić information content (AvgIpc) is 2.52. The molecule has 0 radical (unpaired) electrons. The Morgan fingerprint density at radius 3 is 2.92 bits per heavy atom. The minimum atomic E-state index is -1.29. The highest BCUT2D eigenvalue weighted by atomic mass is 16.5. The van der Waals surface area contributed by atoms with Crippen LogP contribution >= 0.6 is 0 Å². The van der Waals surface area contributed by atoms with Gasteiger partial charge in [0.25, 0.3) is 0 Å². The molecule has 0 bridgehead atoms. The molecule has 2 aromatic rings. The number of nitrogens with zero attached hydrogens (tertiary/aromatic N) is 2. The summed E-state index contributed by atoms with van der Waals surface area (Å²) >= 11 is 0. The highest BCUT2D eigenvalue weighted by Crippen LogP contribution is 2.26. The molecule has 6 nitrogen and oxygen atoms in total. The molecule has 2 rings (SSSR count). The van der Waals surface area contributed by atoms with Crippen molar-refractivity contribution >= 4 is 16.9 Å². The van der Waals surface area contributed by atoms with E-state index in [4.69, 9.17) is 5.11 Å². The van der Waals surface area contributed by atoms with Crippen molar-refractivity contribution in [1.82, 2.24) is 10.1 Å². The maximum atomic E-state index is 10.5. The third-order valence-corrected chi connectivity index (χ3v) is 1.59. The van der Waals surface area contributed by atoms with Gasteiger partial charge < -0.3 is 14.7 Å². The third kappa shape index (κ3) is 0.994. The Hall–Kier alpha value is -2.11. The average molecular weight is 180 g/mol. The van der Waals surface area contributed by atoms with Crippen LogP contribution in [0.5, 0.6) is 5.75 Å². The Morgan fingerprint density at radius 1 is 1.46 bits per heavy atom. The van der Waals surface area contributed by atoms with Crippen LogP contribution in [0.2, 0.25) is 0 Å². The maximum absolute atomic E-state index is 10.5. The van der Waals surface area contributed by atoms with Gasteiger partial charge in [0.1, 0.15) is 0 Å². The van der Waals surface area contributed by atoms with E-state index in [0.717, 1.165) is 0 Å². The van der Waals surface area contributed by atoms with E-state index in [9.17, 15) is 9.90 Å². The number of hydrogen-bond donors (Lipinski definition) is 2. The van der Waals surface area contributed by atoms with Crippen LogP contribution in [0.1, 0.15) is 10.5 Å². The molecule has 0 atom stereocenters. The van der Waals surface area contributed by atoms with Gasteiger partial charge in [-0.15, -0.1) is 0 Å². The Kier molecular flexibility index (Phi) is 1.42. The lowest BCUT2D eigenvalue weighted by Crippen LogP contribution is -1.99. The van der Waals surface area contributed by atoms with Crippen molar-refractivity contribution in [3.8, 4) is 5.75 Å². The minimum absolute atomic E-state index is 0.243. The normalized spacial score (nSPS) is 10.5. The zero-order valence-corrected chi connectivity index (χ0v) is 6.26. The summed E-state index contributed by atoms with van der Waals surface area (Å²) in [5.41, 5.74) is -0.154. The zero-order chi connectivity index (χ0) is 9.42. The SMILES string of the molecule is O=C(O)c1ncc2oncc2c1O. The van der Waals surface area contributed by atoms with Gasteiger partial charge in [-0.05, 0) is 0 Å². The minimum Gasteiger partial charge on any atom is -0.505 e. The second-order valence-corrected chi connectivity index (χ2v) is 2.36. The molecule has 13 heavy (non-hydrogen) atoms. The fraction of sp³-hybridized carbons (Fsp3) is 0. The number of pyridine rings is 1. The molecule has 0 aromatic carbocycles. The summed E-state index contributed by atoms with van der Waals surface area (Å²) in [5.74, 6) is -1.72. The zero-order valence-electron chi connectivity index (χ0n) is 6.26.